The Morgan fingerprint density at radius 3 is 2.08 bits per heavy atom. The molecule has 0 saturated carbocycles. The monoisotopic (exact) mass is 585 g/mol. The van der Waals surface area contributed by atoms with Gasteiger partial charge in [-0.1, -0.05) is 5.16 Å². The molecule has 0 aromatic carbocycles. The van der Waals surface area contributed by atoms with Crippen LogP contribution in [0.2, 0.25) is 0 Å². The number of nitrogens with zero attached hydrogens (tertiary/aromatic N) is 5. The lowest BCUT2D eigenvalue weighted by Crippen LogP contribution is -2.50. The quantitative estimate of drug-likeness (QED) is 0.512. The number of piperidine rings is 1. The summed E-state index contributed by atoms with van der Waals surface area (Å²) in [6.45, 7) is 10.3. The SMILES string of the molecule is Cc1noc(C)c1CN1CCCC2(COCCN(c3ncccn3)C2)C1.O=C(O)C(F)(F)F.O=C(O)C(F)(F)F. The van der Waals surface area contributed by atoms with Gasteiger partial charge in [-0.15, -0.1) is 0 Å². The standard InChI is InChI=1S/C19H27N5O2.2C2HF3O2/c1-15-17(16(2)26-22-15)11-23-8-3-5-19(12-23)13-24(9-10-25-14-19)18-20-6-4-7-21-18;2*3-2(4,5)1(6)7/h4,6-7H,3,5,8-14H2,1-2H3;2*(H,6,7). The zero-order valence-electron chi connectivity index (χ0n) is 21.6. The zero-order chi connectivity index (χ0) is 30.1. The number of hydrogen-bond acceptors (Lipinski definition) is 9. The van der Waals surface area contributed by atoms with Gasteiger partial charge in [-0.3, -0.25) is 4.90 Å². The lowest BCUT2D eigenvalue weighted by atomic mass is 9.80. The summed E-state index contributed by atoms with van der Waals surface area (Å²) in [5.41, 5.74) is 2.34. The molecule has 1 spiro atoms. The number of aryl methyl sites for hydroxylation is 2. The molecule has 17 heteroatoms. The minimum absolute atomic E-state index is 0.118. The van der Waals surface area contributed by atoms with Crippen LogP contribution in [0.1, 0.15) is 29.9 Å². The van der Waals surface area contributed by atoms with Gasteiger partial charge in [-0.25, -0.2) is 19.6 Å². The fourth-order valence-corrected chi connectivity index (χ4v) is 4.26. The average molecular weight is 586 g/mol. The van der Waals surface area contributed by atoms with Crippen molar-refractivity contribution < 1.29 is 55.4 Å². The molecule has 0 aliphatic carbocycles. The van der Waals surface area contributed by atoms with Gasteiger partial charge in [-0.2, -0.15) is 26.3 Å². The topological polar surface area (TPSA) is 142 Å². The summed E-state index contributed by atoms with van der Waals surface area (Å²) in [5, 5.41) is 18.4. The molecule has 4 rings (SSSR count). The molecule has 2 saturated heterocycles. The van der Waals surface area contributed by atoms with E-state index in [4.69, 9.17) is 29.1 Å². The molecular weight excluding hydrogens is 556 g/mol. The molecule has 224 valence electrons. The van der Waals surface area contributed by atoms with Gasteiger partial charge in [0.1, 0.15) is 5.76 Å². The maximum absolute atomic E-state index is 10.6. The summed E-state index contributed by atoms with van der Waals surface area (Å²) in [5.74, 6) is -3.78. The number of halogens is 6. The van der Waals surface area contributed by atoms with Gasteiger partial charge in [0.05, 0.1) is 18.9 Å². The lowest BCUT2D eigenvalue weighted by Gasteiger charge is -2.43. The Hall–Kier alpha value is -3.47. The Bertz CT molecular complexity index is 1070. The molecule has 11 nitrogen and oxygen atoms in total. The van der Waals surface area contributed by atoms with Crippen LogP contribution in [0, 0.1) is 19.3 Å². The minimum atomic E-state index is -5.08. The Labute approximate surface area is 224 Å². The number of anilines is 1. The molecule has 0 amide bonds. The first-order valence-corrected chi connectivity index (χ1v) is 11.9. The van der Waals surface area contributed by atoms with Crippen molar-refractivity contribution in [2.24, 2.45) is 5.41 Å². The largest absolute Gasteiger partial charge is 0.490 e. The number of ether oxygens (including phenoxy) is 1. The molecule has 40 heavy (non-hydrogen) atoms. The van der Waals surface area contributed by atoms with Gasteiger partial charge >= 0.3 is 24.3 Å². The molecule has 0 radical (unpaired) electrons. The molecule has 2 aliphatic rings. The van der Waals surface area contributed by atoms with Crippen molar-refractivity contribution in [3.8, 4) is 0 Å². The number of alkyl halides is 6. The van der Waals surface area contributed by atoms with Crippen LogP contribution < -0.4 is 4.90 Å². The second-order valence-electron chi connectivity index (χ2n) is 9.25. The third-order valence-electron chi connectivity index (χ3n) is 6.06. The van der Waals surface area contributed by atoms with Crippen molar-refractivity contribution in [2.45, 2.75) is 45.6 Å². The number of hydrogen-bond donors (Lipinski definition) is 2. The van der Waals surface area contributed by atoms with E-state index in [1.165, 1.54) is 18.4 Å². The van der Waals surface area contributed by atoms with E-state index in [1.807, 2.05) is 32.3 Å². The maximum atomic E-state index is 10.6. The van der Waals surface area contributed by atoms with Crippen LogP contribution >= 0.6 is 0 Å². The van der Waals surface area contributed by atoms with E-state index in [-0.39, 0.29) is 5.41 Å². The predicted molar refractivity (Wildman–Crippen MR) is 125 cm³/mol. The van der Waals surface area contributed by atoms with E-state index in [2.05, 4.69) is 24.9 Å². The highest BCUT2D eigenvalue weighted by molar-refractivity contribution is 5.73. The molecule has 2 aromatic rings. The lowest BCUT2D eigenvalue weighted by molar-refractivity contribution is -0.193. The summed E-state index contributed by atoms with van der Waals surface area (Å²) in [4.78, 5) is 31.5. The van der Waals surface area contributed by atoms with Crippen LogP contribution in [0.15, 0.2) is 23.0 Å². The van der Waals surface area contributed by atoms with E-state index < -0.39 is 24.3 Å². The van der Waals surface area contributed by atoms with E-state index in [1.54, 1.807) is 0 Å². The second kappa shape index (κ2) is 13.7. The molecule has 2 aromatic heterocycles. The Balaban J connectivity index is 0.000000333. The maximum Gasteiger partial charge on any atom is 0.490 e. The van der Waals surface area contributed by atoms with Gasteiger partial charge in [0, 0.05) is 49.6 Å². The molecule has 4 heterocycles. The highest BCUT2D eigenvalue weighted by Gasteiger charge is 2.40. The van der Waals surface area contributed by atoms with Gasteiger partial charge in [-0.05, 0) is 39.3 Å². The van der Waals surface area contributed by atoms with Crippen LogP contribution in [-0.4, -0.2) is 93.9 Å². The van der Waals surface area contributed by atoms with Crippen molar-refractivity contribution in [2.75, 3.05) is 44.3 Å². The number of rotatable bonds is 3. The molecule has 1 atom stereocenters. The first kappa shape index (κ1) is 32.7. The molecular formula is C23H29F6N5O6. The van der Waals surface area contributed by atoms with Gasteiger partial charge < -0.3 is 24.4 Å². The van der Waals surface area contributed by atoms with Gasteiger partial charge in [0.2, 0.25) is 5.95 Å². The van der Waals surface area contributed by atoms with Gasteiger partial charge in [0.15, 0.2) is 0 Å². The summed E-state index contributed by atoms with van der Waals surface area (Å²) in [6, 6.07) is 1.86. The number of carbonyl (C=O) groups is 2. The van der Waals surface area contributed by atoms with Crippen LogP contribution in [0.4, 0.5) is 32.3 Å². The number of aliphatic carboxylic acids is 2. The fraction of sp³-hybridized carbons (Fsp3) is 0.609. The van der Waals surface area contributed by atoms with Crippen molar-refractivity contribution in [1.29, 1.82) is 0 Å². The van der Waals surface area contributed by atoms with Crippen molar-refractivity contribution in [3.63, 3.8) is 0 Å². The normalized spacial score (nSPS) is 20.1. The Morgan fingerprint density at radius 1 is 1.00 bits per heavy atom. The number of aromatic nitrogens is 3. The van der Waals surface area contributed by atoms with Crippen molar-refractivity contribution in [1.82, 2.24) is 20.0 Å². The third kappa shape index (κ3) is 9.93. The summed E-state index contributed by atoms with van der Waals surface area (Å²) in [7, 11) is 0. The average Bonchev–Trinajstić information content (AvgIpc) is 3.06. The zero-order valence-corrected chi connectivity index (χ0v) is 21.6. The fourth-order valence-electron chi connectivity index (χ4n) is 4.26. The summed E-state index contributed by atoms with van der Waals surface area (Å²) < 4.78 is 74.8. The van der Waals surface area contributed by atoms with E-state index in [0.29, 0.717) is 0 Å². The van der Waals surface area contributed by atoms with E-state index in [9.17, 15) is 26.3 Å². The number of carboxylic acids is 2. The summed E-state index contributed by atoms with van der Waals surface area (Å²) >= 11 is 0. The summed E-state index contributed by atoms with van der Waals surface area (Å²) in [6.07, 6.45) is -4.19. The Morgan fingerprint density at radius 2 is 1.57 bits per heavy atom. The van der Waals surface area contributed by atoms with Crippen LogP contribution in [0.3, 0.4) is 0 Å². The number of likely N-dealkylation sites (tertiary alicyclic amines) is 1. The van der Waals surface area contributed by atoms with Crippen molar-refractivity contribution in [3.05, 3.63) is 35.5 Å². The first-order chi connectivity index (χ1) is 18.5. The van der Waals surface area contributed by atoms with Crippen LogP contribution in [0.25, 0.3) is 0 Å². The molecule has 2 N–H and O–H groups in total. The van der Waals surface area contributed by atoms with Crippen LogP contribution in [0.5, 0.6) is 0 Å². The van der Waals surface area contributed by atoms with Crippen molar-refractivity contribution >= 4 is 17.9 Å². The van der Waals surface area contributed by atoms with E-state index >= 15 is 0 Å². The smallest absolute Gasteiger partial charge is 0.475 e. The van der Waals surface area contributed by atoms with Gasteiger partial charge in [0.25, 0.3) is 0 Å². The molecule has 1 unspecified atom stereocenters. The molecule has 2 aliphatic heterocycles. The van der Waals surface area contributed by atoms with Crippen LogP contribution in [-0.2, 0) is 20.9 Å². The molecule has 0 bridgehead atoms. The first-order valence-electron chi connectivity index (χ1n) is 11.9. The Kier molecular flexibility index (Phi) is 11.2. The highest BCUT2D eigenvalue weighted by Crippen LogP contribution is 2.35. The predicted octanol–water partition coefficient (Wildman–Crippen LogP) is 3.47. The minimum Gasteiger partial charge on any atom is -0.475 e. The van der Waals surface area contributed by atoms with E-state index in [0.717, 1.165) is 63.3 Å². The number of carboxylic acid groups (broad SMARTS) is 2. The molecule has 2 fully saturated rings. The second-order valence-corrected chi connectivity index (χ2v) is 9.25. The third-order valence-corrected chi connectivity index (χ3v) is 6.06. The highest BCUT2D eigenvalue weighted by atomic mass is 19.4.